The number of non-ortho nitro benzene ring substituents is 1. The minimum atomic E-state index is -3.95. The largest absolute Gasteiger partial charge is 0.414 e. The van der Waals surface area contributed by atoms with Gasteiger partial charge in [0.2, 0.25) is 5.06 Å². The van der Waals surface area contributed by atoms with Crippen LogP contribution in [0, 0.1) is 10.1 Å². The normalized spacial score (nSPS) is 11.0. The van der Waals surface area contributed by atoms with Crippen LogP contribution in [-0.2, 0) is 14.8 Å². The van der Waals surface area contributed by atoms with Crippen LogP contribution in [0.4, 0.5) is 10.8 Å². The summed E-state index contributed by atoms with van der Waals surface area (Å²) in [6.07, 6.45) is 2.13. The molecule has 1 heterocycles. The Morgan fingerprint density at radius 1 is 1.38 bits per heavy atom. The molecule has 2 aromatic rings. The molecular weight excluding hydrogens is 358 g/mol. The highest BCUT2D eigenvalue weighted by Crippen LogP contribution is 2.28. The van der Waals surface area contributed by atoms with Gasteiger partial charge in [-0.15, -0.1) is 0 Å². The Balaban J connectivity index is 2.10. The SMILES string of the molecule is CCCC(=O)Oc1cnc(NS(=O)(=O)c2ccc([N+](=O)[O-])cc2)s1. The minimum absolute atomic E-state index is 0.0210. The van der Waals surface area contributed by atoms with Crippen LogP contribution in [0.25, 0.3) is 0 Å². The van der Waals surface area contributed by atoms with E-state index in [0.29, 0.717) is 6.42 Å². The van der Waals surface area contributed by atoms with Gasteiger partial charge in [0.15, 0.2) is 5.13 Å². The summed E-state index contributed by atoms with van der Waals surface area (Å²) in [4.78, 5) is 25.0. The quantitative estimate of drug-likeness (QED) is 0.450. The summed E-state index contributed by atoms with van der Waals surface area (Å²) >= 11 is 0.864. The molecule has 0 fully saturated rings. The molecule has 0 aliphatic heterocycles. The van der Waals surface area contributed by atoms with Crippen LogP contribution in [0.2, 0.25) is 0 Å². The smallest absolute Gasteiger partial charge is 0.312 e. The van der Waals surface area contributed by atoms with Crippen LogP contribution in [0.15, 0.2) is 35.4 Å². The van der Waals surface area contributed by atoms with Crippen molar-refractivity contribution in [3.63, 3.8) is 0 Å². The van der Waals surface area contributed by atoms with Crippen molar-refractivity contribution in [1.29, 1.82) is 0 Å². The van der Waals surface area contributed by atoms with Gasteiger partial charge in [0, 0.05) is 18.6 Å². The van der Waals surface area contributed by atoms with Gasteiger partial charge in [-0.2, -0.15) is 0 Å². The van der Waals surface area contributed by atoms with Gasteiger partial charge in [-0.3, -0.25) is 19.6 Å². The number of esters is 1. The van der Waals surface area contributed by atoms with E-state index in [4.69, 9.17) is 4.74 Å². The molecule has 128 valence electrons. The highest BCUT2D eigenvalue weighted by atomic mass is 32.2. The molecule has 11 heteroatoms. The third-order valence-corrected chi connectivity index (χ3v) is 5.01. The number of nitro benzene ring substituents is 1. The maximum atomic E-state index is 12.2. The Hall–Kier alpha value is -2.53. The van der Waals surface area contributed by atoms with E-state index in [1.54, 1.807) is 0 Å². The van der Waals surface area contributed by atoms with Crippen LogP contribution in [0.3, 0.4) is 0 Å². The lowest BCUT2D eigenvalue weighted by atomic mass is 10.3. The molecule has 1 aromatic carbocycles. The summed E-state index contributed by atoms with van der Waals surface area (Å²) in [7, 11) is -3.95. The fraction of sp³-hybridized carbons (Fsp3) is 0.231. The van der Waals surface area contributed by atoms with Gasteiger partial charge in [-0.1, -0.05) is 18.3 Å². The number of carbonyl (C=O) groups is 1. The van der Waals surface area contributed by atoms with E-state index in [2.05, 4.69) is 9.71 Å². The molecule has 1 N–H and O–H groups in total. The second-order valence-electron chi connectivity index (χ2n) is 4.57. The lowest BCUT2D eigenvalue weighted by Crippen LogP contribution is -2.12. The number of sulfonamides is 1. The molecule has 0 bridgehead atoms. The number of nitrogens with one attached hydrogen (secondary N) is 1. The molecule has 0 saturated carbocycles. The summed E-state index contributed by atoms with van der Waals surface area (Å²) < 4.78 is 31.6. The summed E-state index contributed by atoms with van der Waals surface area (Å²) in [6, 6.07) is 4.43. The van der Waals surface area contributed by atoms with Crippen LogP contribution < -0.4 is 9.46 Å². The zero-order valence-corrected chi connectivity index (χ0v) is 14.1. The number of nitrogens with zero attached hydrogens (tertiary/aromatic N) is 2. The number of anilines is 1. The summed E-state index contributed by atoms with van der Waals surface area (Å²) in [6.45, 7) is 1.83. The molecule has 0 amide bonds. The predicted molar refractivity (Wildman–Crippen MR) is 86.6 cm³/mol. The first-order valence-electron chi connectivity index (χ1n) is 6.75. The summed E-state index contributed by atoms with van der Waals surface area (Å²) in [5.41, 5.74) is -0.215. The molecule has 0 saturated heterocycles. The molecule has 1 aromatic heterocycles. The minimum Gasteiger partial charge on any atom is -0.414 e. The molecule has 0 atom stereocenters. The third-order valence-electron chi connectivity index (χ3n) is 2.73. The fourth-order valence-corrected chi connectivity index (χ4v) is 3.57. The van der Waals surface area contributed by atoms with Crippen LogP contribution in [-0.4, -0.2) is 24.3 Å². The zero-order chi connectivity index (χ0) is 17.7. The van der Waals surface area contributed by atoms with Crippen molar-refractivity contribution in [2.75, 3.05) is 4.72 Å². The van der Waals surface area contributed by atoms with Crippen molar-refractivity contribution in [1.82, 2.24) is 4.98 Å². The molecule has 24 heavy (non-hydrogen) atoms. The number of aromatic nitrogens is 1. The fourth-order valence-electron chi connectivity index (χ4n) is 1.64. The van der Waals surface area contributed by atoms with Gasteiger partial charge in [0.05, 0.1) is 16.0 Å². The zero-order valence-electron chi connectivity index (χ0n) is 12.5. The Kier molecular flexibility index (Phi) is 5.46. The number of nitro groups is 1. The molecule has 0 spiro atoms. The van der Waals surface area contributed by atoms with Gasteiger partial charge < -0.3 is 4.74 Å². The Morgan fingerprint density at radius 3 is 2.62 bits per heavy atom. The summed E-state index contributed by atoms with van der Waals surface area (Å²) in [5.74, 6) is -0.425. The molecule has 2 rings (SSSR count). The third kappa shape index (κ3) is 4.49. The standard InChI is InChI=1S/C13H13N3O6S2/c1-2-3-11(17)22-12-8-14-13(23-12)15-24(20,21)10-6-4-9(5-7-10)16(18)19/h4-8H,2-3H2,1H3,(H,14,15). The lowest BCUT2D eigenvalue weighted by Gasteiger charge is -2.04. The van der Waals surface area contributed by atoms with Gasteiger partial charge >= 0.3 is 5.97 Å². The van der Waals surface area contributed by atoms with E-state index in [1.807, 2.05) is 6.92 Å². The monoisotopic (exact) mass is 371 g/mol. The van der Waals surface area contributed by atoms with E-state index in [9.17, 15) is 23.3 Å². The Bertz CT molecular complexity index is 845. The molecular formula is C13H13N3O6S2. The second kappa shape index (κ2) is 7.36. The van der Waals surface area contributed by atoms with Crippen molar-refractivity contribution in [3.05, 3.63) is 40.6 Å². The number of rotatable bonds is 7. The number of hydrogen-bond acceptors (Lipinski definition) is 8. The Labute approximate surface area is 141 Å². The van der Waals surface area contributed by atoms with E-state index in [1.165, 1.54) is 6.20 Å². The topological polar surface area (TPSA) is 128 Å². The van der Waals surface area contributed by atoms with Gasteiger partial charge in [-0.25, -0.2) is 13.4 Å². The molecule has 0 radical (unpaired) electrons. The van der Waals surface area contributed by atoms with Gasteiger partial charge in [0.25, 0.3) is 15.7 Å². The van der Waals surface area contributed by atoms with E-state index < -0.39 is 20.9 Å². The molecule has 0 unspecified atom stereocenters. The first-order valence-corrected chi connectivity index (χ1v) is 9.05. The molecule has 0 aliphatic rings. The first kappa shape index (κ1) is 17.8. The van der Waals surface area contributed by atoms with E-state index in [-0.39, 0.29) is 27.2 Å². The first-order chi connectivity index (χ1) is 11.3. The van der Waals surface area contributed by atoms with E-state index >= 15 is 0 Å². The van der Waals surface area contributed by atoms with Gasteiger partial charge in [-0.05, 0) is 18.6 Å². The maximum absolute atomic E-state index is 12.2. The Morgan fingerprint density at radius 2 is 2.04 bits per heavy atom. The number of hydrogen-bond donors (Lipinski definition) is 1. The van der Waals surface area contributed by atoms with Crippen molar-refractivity contribution < 1.29 is 22.9 Å². The number of carbonyl (C=O) groups excluding carboxylic acids is 1. The predicted octanol–water partition coefficient (Wildman–Crippen LogP) is 2.56. The van der Waals surface area contributed by atoms with E-state index in [0.717, 1.165) is 35.6 Å². The van der Waals surface area contributed by atoms with Crippen LogP contribution >= 0.6 is 11.3 Å². The number of ether oxygens (including phenoxy) is 1. The number of benzene rings is 1. The van der Waals surface area contributed by atoms with Crippen LogP contribution in [0.5, 0.6) is 5.06 Å². The van der Waals surface area contributed by atoms with Crippen LogP contribution in [0.1, 0.15) is 19.8 Å². The lowest BCUT2D eigenvalue weighted by molar-refractivity contribution is -0.384. The van der Waals surface area contributed by atoms with Crippen molar-refractivity contribution in [3.8, 4) is 5.06 Å². The summed E-state index contributed by atoms with van der Waals surface area (Å²) in [5, 5.41) is 10.8. The highest BCUT2D eigenvalue weighted by Gasteiger charge is 2.18. The average molecular weight is 371 g/mol. The van der Waals surface area contributed by atoms with Crippen molar-refractivity contribution in [2.24, 2.45) is 0 Å². The maximum Gasteiger partial charge on any atom is 0.312 e. The molecule has 9 nitrogen and oxygen atoms in total. The molecule has 0 aliphatic carbocycles. The average Bonchev–Trinajstić information content (AvgIpc) is 2.93. The number of thiazole rings is 1. The van der Waals surface area contributed by atoms with Gasteiger partial charge in [0.1, 0.15) is 0 Å². The van der Waals surface area contributed by atoms with Crippen molar-refractivity contribution >= 4 is 38.1 Å². The second-order valence-corrected chi connectivity index (χ2v) is 7.24. The highest BCUT2D eigenvalue weighted by molar-refractivity contribution is 7.93. The van der Waals surface area contributed by atoms with Crippen molar-refractivity contribution in [2.45, 2.75) is 24.7 Å².